The molecular weight excluding hydrogens is 206 g/mol. The lowest BCUT2D eigenvalue weighted by molar-refractivity contribution is -0.143. The Morgan fingerprint density at radius 3 is 2.44 bits per heavy atom. The topological polar surface area (TPSA) is 72.5 Å². The van der Waals surface area contributed by atoms with E-state index in [-0.39, 0.29) is 17.1 Å². The summed E-state index contributed by atoms with van der Waals surface area (Å²) in [5, 5.41) is 9.21. The van der Waals surface area contributed by atoms with Crippen molar-refractivity contribution in [2.24, 2.45) is 5.73 Å². The van der Waals surface area contributed by atoms with Crippen LogP contribution < -0.4 is 5.73 Å². The number of phenolic OH excluding ortho intramolecular Hbond substituents is 1. The van der Waals surface area contributed by atoms with Crippen LogP contribution in [0.25, 0.3) is 0 Å². The van der Waals surface area contributed by atoms with Gasteiger partial charge in [0.1, 0.15) is 11.8 Å². The van der Waals surface area contributed by atoms with E-state index in [1.54, 1.807) is 12.1 Å². The molecule has 1 unspecified atom stereocenters. The van der Waals surface area contributed by atoms with Gasteiger partial charge in [0, 0.05) is 5.41 Å². The summed E-state index contributed by atoms with van der Waals surface area (Å²) in [6, 6.07) is 6.22. The molecule has 0 heterocycles. The van der Waals surface area contributed by atoms with Crippen molar-refractivity contribution in [1.29, 1.82) is 0 Å². The predicted octanol–water partition coefficient (Wildman–Crippen LogP) is 0.924. The van der Waals surface area contributed by atoms with E-state index in [0.29, 0.717) is 0 Å². The molecule has 16 heavy (non-hydrogen) atoms. The number of methoxy groups -OCH3 is 1. The average Bonchev–Trinajstić information content (AvgIpc) is 3.09. The summed E-state index contributed by atoms with van der Waals surface area (Å²) in [6.45, 7) is 0. The highest BCUT2D eigenvalue weighted by Crippen LogP contribution is 2.50. The molecule has 0 radical (unpaired) electrons. The van der Waals surface area contributed by atoms with Crippen molar-refractivity contribution in [3.05, 3.63) is 29.8 Å². The van der Waals surface area contributed by atoms with Crippen LogP contribution in [-0.4, -0.2) is 24.2 Å². The van der Waals surface area contributed by atoms with Crippen molar-refractivity contribution < 1.29 is 14.6 Å². The van der Waals surface area contributed by atoms with Gasteiger partial charge >= 0.3 is 5.97 Å². The van der Waals surface area contributed by atoms with Gasteiger partial charge in [-0.2, -0.15) is 0 Å². The Hall–Kier alpha value is -1.55. The van der Waals surface area contributed by atoms with Gasteiger partial charge in [-0.05, 0) is 30.5 Å². The number of carbonyl (C=O) groups excluding carboxylic acids is 1. The van der Waals surface area contributed by atoms with E-state index in [9.17, 15) is 9.90 Å². The maximum absolute atomic E-state index is 11.4. The Labute approximate surface area is 94.0 Å². The molecule has 1 saturated carbocycles. The first-order valence-electron chi connectivity index (χ1n) is 5.23. The SMILES string of the molecule is COC(=O)C(N)C1(c2ccc(O)cc2)CC1. The fourth-order valence-electron chi connectivity index (χ4n) is 2.06. The normalized spacial score (nSPS) is 18.9. The van der Waals surface area contributed by atoms with E-state index in [2.05, 4.69) is 4.74 Å². The number of rotatable bonds is 3. The minimum Gasteiger partial charge on any atom is -0.508 e. The second kappa shape index (κ2) is 3.79. The van der Waals surface area contributed by atoms with Gasteiger partial charge in [-0.25, -0.2) is 0 Å². The molecule has 1 aromatic rings. The molecule has 4 nitrogen and oxygen atoms in total. The van der Waals surface area contributed by atoms with E-state index in [1.165, 1.54) is 7.11 Å². The van der Waals surface area contributed by atoms with Crippen molar-refractivity contribution in [3.8, 4) is 5.75 Å². The highest BCUT2D eigenvalue weighted by molar-refractivity contribution is 5.78. The second-order valence-electron chi connectivity index (χ2n) is 4.20. The second-order valence-corrected chi connectivity index (χ2v) is 4.20. The summed E-state index contributed by atoms with van der Waals surface area (Å²) in [5.74, 6) is -0.170. The first-order valence-corrected chi connectivity index (χ1v) is 5.23. The third kappa shape index (κ3) is 1.65. The summed E-state index contributed by atoms with van der Waals surface area (Å²) >= 11 is 0. The molecule has 0 spiro atoms. The predicted molar refractivity (Wildman–Crippen MR) is 59.0 cm³/mol. The number of hydrogen-bond donors (Lipinski definition) is 2. The van der Waals surface area contributed by atoms with Crippen LogP contribution in [0, 0.1) is 0 Å². The van der Waals surface area contributed by atoms with E-state index in [4.69, 9.17) is 5.73 Å². The summed E-state index contributed by atoms with van der Waals surface area (Å²) in [5.41, 5.74) is 6.60. The zero-order chi connectivity index (χ0) is 11.8. The summed E-state index contributed by atoms with van der Waals surface area (Å²) in [7, 11) is 1.34. The fraction of sp³-hybridized carbons (Fsp3) is 0.417. The van der Waals surface area contributed by atoms with Gasteiger partial charge in [0.05, 0.1) is 7.11 Å². The molecular formula is C12H15NO3. The standard InChI is InChI=1S/C12H15NO3/c1-16-11(15)10(13)12(6-7-12)8-2-4-9(14)5-3-8/h2-5,10,14H,6-7,13H2,1H3. The van der Waals surface area contributed by atoms with Crippen LogP contribution in [0.3, 0.4) is 0 Å². The molecule has 0 bridgehead atoms. The number of ether oxygens (including phenoxy) is 1. The van der Waals surface area contributed by atoms with Crippen LogP contribution in [-0.2, 0) is 14.9 Å². The average molecular weight is 221 g/mol. The van der Waals surface area contributed by atoms with Gasteiger partial charge in [0.2, 0.25) is 0 Å². The lowest BCUT2D eigenvalue weighted by Gasteiger charge is -2.21. The van der Waals surface area contributed by atoms with E-state index in [0.717, 1.165) is 18.4 Å². The van der Waals surface area contributed by atoms with Crippen LogP contribution in [0.2, 0.25) is 0 Å². The molecule has 1 aliphatic carbocycles. The minimum atomic E-state index is -0.623. The van der Waals surface area contributed by atoms with Crippen molar-refractivity contribution in [2.45, 2.75) is 24.3 Å². The van der Waals surface area contributed by atoms with E-state index < -0.39 is 6.04 Å². The zero-order valence-electron chi connectivity index (χ0n) is 9.14. The van der Waals surface area contributed by atoms with E-state index >= 15 is 0 Å². The maximum atomic E-state index is 11.4. The van der Waals surface area contributed by atoms with Crippen LogP contribution in [0.15, 0.2) is 24.3 Å². The molecule has 4 heteroatoms. The number of esters is 1. The number of phenols is 1. The van der Waals surface area contributed by atoms with Gasteiger partial charge in [-0.15, -0.1) is 0 Å². The Bertz CT molecular complexity index is 395. The third-order valence-electron chi connectivity index (χ3n) is 3.28. The molecule has 1 aromatic carbocycles. The van der Waals surface area contributed by atoms with Crippen molar-refractivity contribution >= 4 is 5.97 Å². The molecule has 1 fully saturated rings. The highest BCUT2D eigenvalue weighted by atomic mass is 16.5. The third-order valence-corrected chi connectivity index (χ3v) is 3.28. The van der Waals surface area contributed by atoms with Gasteiger partial charge in [-0.3, -0.25) is 4.79 Å². The van der Waals surface area contributed by atoms with E-state index in [1.807, 2.05) is 12.1 Å². The Morgan fingerprint density at radius 2 is 2.00 bits per heavy atom. The van der Waals surface area contributed by atoms with Crippen LogP contribution in [0.4, 0.5) is 0 Å². The summed E-state index contributed by atoms with van der Waals surface area (Å²) < 4.78 is 4.67. The molecule has 0 aromatic heterocycles. The lowest BCUT2D eigenvalue weighted by Crippen LogP contribution is -2.42. The molecule has 2 rings (SSSR count). The smallest absolute Gasteiger partial charge is 0.323 e. The molecule has 0 saturated heterocycles. The summed E-state index contributed by atoms with van der Waals surface area (Å²) in [6.07, 6.45) is 1.77. The Morgan fingerprint density at radius 1 is 1.44 bits per heavy atom. The van der Waals surface area contributed by atoms with Crippen molar-refractivity contribution in [1.82, 2.24) is 0 Å². The quantitative estimate of drug-likeness (QED) is 0.744. The molecule has 0 aliphatic heterocycles. The Balaban J connectivity index is 2.26. The zero-order valence-corrected chi connectivity index (χ0v) is 9.14. The monoisotopic (exact) mass is 221 g/mol. The molecule has 0 amide bonds. The number of benzene rings is 1. The summed E-state index contributed by atoms with van der Waals surface area (Å²) in [4.78, 5) is 11.4. The first-order chi connectivity index (χ1) is 7.60. The number of aromatic hydroxyl groups is 1. The first kappa shape index (κ1) is 11.0. The minimum absolute atomic E-state index is 0.214. The van der Waals surface area contributed by atoms with Crippen molar-refractivity contribution in [2.75, 3.05) is 7.11 Å². The Kier molecular flexibility index (Phi) is 2.59. The lowest BCUT2D eigenvalue weighted by atomic mass is 9.88. The van der Waals surface area contributed by atoms with Crippen molar-refractivity contribution in [3.63, 3.8) is 0 Å². The van der Waals surface area contributed by atoms with Gasteiger partial charge in [-0.1, -0.05) is 12.1 Å². The highest BCUT2D eigenvalue weighted by Gasteiger charge is 2.52. The van der Waals surface area contributed by atoms with Gasteiger partial charge < -0.3 is 15.6 Å². The number of hydrogen-bond acceptors (Lipinski definition) is 4. The fourth-order valence-corrected chi connectivity index (χ4v) is 2.06. The van der Waals surface area contributed by atoms with Gasteiger partial charge in [0.15, 0.2) is 0 Å². The molecule has 1 atom stereocenters. The largest absolute Gasteiger partial charge is 0.508 e. The number of nitrogens with two attached hydrogens (primary N) is 1. The number of carbonyl (C=O) groups is 1. The maximum Gasteiger partial charge on any atom is 0.323 e. The van der Waals surface area contributed by atoms with Crippen LogP contribution in [0.5, 0.6) is 5.75 Å². The van der Waals surface area contributed by atoms with Gasteiger partial charge in [0.25, 0.3) is 0 Å². The molecule has 3 N–H and O–H groups in total. The molecule has 86 valence electrons. The van der Waals surface area contributed by atoms with Crippen LogP contribution >= 0.6 is 0 Å². The van der Waals surface area contributed by atoms with Crippen LogP contribution in [0.1, 0.15) is 18.4 Å². The molecule has 1 aliphatic rings.